The molecule has 0 radical (unpaired) electrons. The van der Waals surface area contributed by atoms with E-state index in [1.54, 1.807) is 0 Å². The summed E-state index contributed by atoms with van der Waals surface area (Å²) < 4.78 is 2.31. The molecule has 0 aliphatic carbocycles. The average Bonchev–Trinajstić information content (AvgIpc) is 2.83. The predicted molar refractivity (Wildman–Crippen MR) is 74.3 cm³/mol. The summed E-state index contributed by atoms with van der Waals surface area (Å²) in [5.74, 6) is 0. The van der Waals surface area contributed by atoms with E-state index in [0.29, 0.717) is 5.25 Å². The maximum Gasteiger partial charge on any atom is 0.177 e. The molecule has 1 aromatic carbocycles. The van der Waals surface area contributed by atoms with Crippen LogP contribution in [0.1, 0.15) is 19.4 Å². The summed E-state index contributed by atoms with van der Waals surface area (Å²) in [7, 11) is 0. The molecule has 3 rings (SSSR count). The molecule has 0 fully saturated rings. The van der Waals surface area contributed by atoms with Crippen molar-refractivity contribution >= 4 is 18.0 Å². The van der Waals surface area contributed by atoms with Gasteiger partial charge in [0.1, 0.15) is 0 Å². The van der Waals surface area contributed by atoms with Crippen LogP contribution in [0.2, 0.25) is 0 Å². The molecule has 17 heavy (non-hydrogen) atoms. The van der Waals surface area contributed by atoms with Crippen LogP contribution in [0, 0.1) is 0 Å². The first-order chi connectivity index (χ1) is 8.24. The van der Waals surface area contributed by atoms with Crippen molar-refractivity contribution in [1.29, 1.82) is 0 Å². The highest BCUT2D eigenvalue weighted by molar-refractivity contribution is 8.04. The van der Waals surface area contributed by atoms with E-state index < -0.39 is 0 Å². The Kier molecular flexibility index (Phi) is 2.67. The van der Waals surface area contributed by atoms with E-state index in [4.69, 9.17) is 0 Å². The lowest BCUT2D eigenvalue weighted by Gasteiger charge is -2.00. The molecule has 0 saturated carbocycles. The van der Waals surface area contributed by atoms with Gasteiger partial charge in [-0.1, -0.05) is 30.3 Å². The lowest BCUT2D eigenvalue weighted by molar-refractivity contribution is -0.466. The van der Waals surface area contributed by atoms with Gasteiger partial charge in [0.25, 0.3) is 0 Å². The third-order valence-electron chi connectivity index (χ3n) is 3.29. The molecule has 1 aromatic rings. The van der Waals surface area contributed by atoms with Crippen LogP contribution in [0.4, 0.5) is 0 Å². The minimum absolute atomic E-state index is 0.613. The monoisotopic (exact) mass is 242 g/mol. The maximum atomic E-state index is 2.31. The van der Waals surface area contributed by atoms with Gasteiger partial charge in [-0.15, -0.1) is 11.8 Å². The quantitative estimate of drug-likeness (QED) is 0.716. The summed E-state index contributed by atoms with van der Waals surface area (Å²) in [5.41, 5.74) is 4.29. The van der Waals surface area contributed by atoms with Crippen LogP contribution in [0.5, 0.6) is 0 Å². The Hall–Kier alpha value is -1.28. The molecule has 2 aliphatic heterocycles. The summed E-state index contributed by atoms with van der Waals surface area (Å²) in [6.07, 6.45) is 4.59. The highest BCUT2D eigenvalue weighted by Crippen LogP contribution is 2.42. The van der Waals surface area contributed by atoms with Gasteiger partial charge < -0.3 is 0 Å². The first-order valence-corrected chi connectivity index (χ1v) is 6.86. The number of nitrogens with zero attached hydrogens (tertiary/aromatic N) is 1. The molecule has 0 amide bonds. The summed E-state index contributed by atoms with van der Waals surface area (Å²) in [5, 5.41) is 0.613. The fraction of sp³-hybridized carbons (Fsp3) is 0.267. The minimum Gasteiger partial charge on any atom is -0.200 e. The van der Waals surface area contributed by atoms with E-state index in [1.165, 1.54) is 21.6 Å². The first kappa shape index (κ1) is 10.8. The zero-order chi connectivity index (χ0) is 11.8. The summed E-state index contributed by atoms with van der Waals surface area (Å²) in [6.45, 7) is 5.48. The molecule has 2 aliphatic rings. The van der Waals surface area contributed by atoms with Crippen LogP contribution in [-0.4, -0.2) is 16.0 Å². The molecular formula is C15H16NS+. The standard InChI is InChI=1S/C15H16NS/c1-11-14-9-16(10-15(14)12(2)17-11)8-13-6-4-3-5-7-13/h3-7,9-11H,8H2,1-2H3/q+1. The predicted octanol–water partition coefficient (Wildman–Crippen LogP) is 3.58. The van der Waals surface area contributed by atoms with E-state index in [9.17, 15) is 0 Å². The molecule has 0 aromatic heterocycles. The molecule has 1 nitrogen and oxygen atoms in total. The second kappa shape index (κ2) is 4.19. The van der Waals surface area contributed by atoms with Gasteiger partial charge >= 0.3 is 0 Å². The maximum absolute atomic E-state index is 2.31. The van der Waals surface area contributed by atoms with Crippen LogP contribution in [0.15, 0.2) is 52.6 Å². The molecule has 2 heteroatoms. The second-order valence-corrected chi connectivity index (χ2v) is 6.16. The Balaban J connectivity index is 1.86. The zero-order valence-corrected chi connectivity index (χ0v) is 11.0. The van der Waals surface area contributed by atoms with Crippen molar-refractivity contribution in [1.82, 2.24) is 0 Å². The summed E-state index contributed by atoms with van der Waals surface area (Å²) in [4.78, 5) is 1.46. The largest absolute Gasteiger partial charge is 0.200 e. The molecule has 0 spiro atoms. The van der Waals surface area contributed by atoms with E-state index in [2.05, 4.69) is 61.2 Å². The van der Waals surface area contributed by atoms with Crippen molar-refractivity contribution in [2.75, 3.05) is 0 Å². The lowest BCUT2D eigenvalue weighted by Crippen LogP contribution is -2.02. The van der Waals surface area contributed by atoms with Crippen LogP contribution < -0.4 is 0 Å². The second-order valence-electron chi connectivity index (χ2n) is 4.60. The van der Waals surface area contributed by atoms with Crippen molar-refractivity contribution in [2.24, 2.45) is 0 Å². The first-order valence-electron chi connectivity index (χ1n) is 5.98. The number of benzene rings is 1. The van der Waals surface area contributed by atoms with Crippen LogP contribution in [0.3, 0.4) is 0 Å². The Morgan fingerprint density at radius 3 is 2.71 bits per heavy atom. The molecule has 1 atom stereocenters. The van der Waals surface area contributed by atoms with Crippen LogP contribution >= 0.6 is 11.8 Å². The van der Waals surface area contributed by atoms with Crippen molar-refractivity contribution in [3.63, 3.8) is 0 Å². The molecule has 86 valence electrons. The third-order valence-corrected chi connectivity index (χ3v) is 4.47. The lowest BCUT2D eigenvalue weighted by atomic mass is 10.1. The van der Waals surface area contributed by atoms with E-state index >= 15 is 0 Å². The van der Waals surface area contributed by atoms with Crippen molar-refractivity contribution < 1.29 is 4.58 Å². The van der Waals surface area contributed by atoms with Crippen LogP contribution in [-0.2, 0) is 6.54 Å². The minimum atomic E-state index is 0.613. The summed E-state index contributed by atoms with van der Waals surface area (Å²) in [6, 6.07) is 10.6. The van der Waals surface area contributed by atoms with Gasteiger partial charge in [-0.3, -0.25) is 0 Å². The van der Waals surface area contributed by atoms with Gasteiger partial charge in [0, 0.05) is 16.4 Å². The van der Waals surface area contributed by atoms with Gasteiger partial charge in [-0.25, -0.2) is 0 Å². The Labute approximate surface area is 107 Å². The van der Waals surface area contributed by atoms with Crippen molar-refractivity contribution in [3.05, 3.63) is 58.1 Å². The fourth-order valence-corrected chi connectivity index (χ4v) is 3.56. The number of rotatable bonds is 2. The van der Waals surface area contributed by atoms with Crippen molar-refractivity contribution in [2.45, 2.75) is 25.6 Å². The highest BCUT2D eigenvalue weighted by atomic mass is 32.2. The number of allylic oxidation sites excluding steroid dienone is 2. The Morgan fingerprint density at radius 2 is 2.00 bits per heavy atom. The molecular weight excluding hydrogens is 226 g/mol. The van der Waals surface area contributed by atoms with Gasteiger partial charge in [-0.05, 0) is 18.8 Å². The number of thioether (sulfide) groups is 1. The summed E-state index contributed by atoms with van der Waals surface area (Å²) >= 11 is 1.97. The van der Waals surface area contributed by atoms with E-state index in [-0.39, 0.29) is 0 Å². The van der Waals surface area contributed by atoms with E-state index in [1.807, 2.05) is 11.8 Å². The van der Waals surface area contributed by atoms with Crippen molar-refractivity contribution in [3.8, 4) is 0 Å². The number of fused-ring (bicyclic) bond motifs is 1. The highest BCUT2D eigenvalue weighted by Gasteiger charge is 2.32. The van der Waals surface area contributed by atoms with E-state index in [0.717, 1.165) is 6.54 Å². The zero-order valence-electron chi connectivity index (χ0n) is 10.2. The van der Waals surface area contributed by atoms with Gasteiger partial charge in [0.05, 0.1) is 5.57 Å². The van der Waals surface area contributed by atoms with Gasteiger partial charge in [-0.2, -0.15) is 4.58 Å². The van der Waals surface area contributed by atoms with Crippen LogP contribution in [0.25, 0.3) is 0 Å². The smallest absolute Gasteiger partial charge is 0.177 e. The Morgan fingerprint density at radius 1 is 1.24 bits per heavy atom. The third kappa shape index (κ3) is 1.98. The molecule has 0 N–H and O–H groups in total. The SMILES string of the molecule is CC1=C2C=[N+](Cc3ccccc3)C=C2C(C)S1. The molecule has 1 unspecified atom stereocenters. The Bertz CT molecular complexity index is 537. The van der Waals surface area contributed by atoms with Gasteiger partial charge in [0.2, 0.25) is 0 Å². The fourth-order valence-electron chi connectivity index (χ4n) is 2.42. The molecule has 0 saturated heterocycles. The molecule has 0 bridgehead atoms. The number of hydrogen-bond acceptors (Lipinski definition) is 1. The normalized spacial score (nSPS) is 22.6. The van der Waals surface area contributed by atoms with Gasteiger partial charge in [0.15, 0.2) is 19.0 Å². The topological polar surface area (TPSA) is 3.01 Å². The molecule has 2 heterocycles. The average molecular weight is 242 g/mol. The number of hydrogen-bond donors (Lipinski definition) is 0.